The van der Waals surface area contributed by atoms with Gasteiger partial charge in [0.25, 0.3) is 0 Å². The zero-order valence-corrected chi connectivity index (χ0v) is 10.9. The summed E-state index contributed by atoms with van der Waals surface area (Å²) in [5, 5.41) is 6.54. The smallest absolute Gasteiger partial charge is 0.183 e. The van der Waals surface area contributed by atoms with Crippen LogP contribution in [0, 0.1) is 6.92 Å². The number of nitrogens with one attached hydrogen (secondary N) is 1. The molecule has 1 aromatic heterocycles. The first kappa shape index (κ1) is 12.5. The third kappa shape index (κ3) is 4.18. The maximum absolute atomic E-state index is 4.40. The van der Waals surface area contributed by atoms with Crippen molar-refractivity contribution in [1.82, 2.24) is 9.88 Å². The molecule has 86 valence electrons. The molecule has 0 bridgehead atoms. The zero-order valence-electron chi connectivity index (χ0n) is 10.1. The highest BCUT2D eigenvalue weighted by Gasteiger charge is 2.08. The van der Waals surface area contributed by atoms with Crippen molar-refractivity contribution in [1.29, 1.82) is 0 Å². The lowest BCUT2D eigenvalue weighted by Gasteiger charge is -2.23. The first-order chi connectivity index (χ1) is 7.15. The van der Waals surface area contributed by atoms with Crippen LogP contribution >= 0.6 is 11.3 Å². The number of aryl methyl sites for hydroxylation is 1. The minimum atomic E-state index is 0.454. The van der Waals surface area contributed by atoms with Crippen LogP contribution in [0.25, 0.3) is 0 Å². The van der Waals surface area contributed by atoms with Gasteiger partial charge in [-0.1, -0.05) is 13.8 Å². The fraction of sp³-hybridized carbons (Fsp3) is 0.727. The summed E-state index contributed by atoms with van der Waals surface area (Å²) in [4.78, 5) is 6.81. The summed E-state index contributed by atoms with van der Waals surface area (Å²) < 4.78 is 0. The van der Waals surface area contributed by atoms with Gasteiger partial charge in [-0.3, -0.25) is 0 Å². The van der Waals surface area contributed by atoms with E-state index >= 15 is 0 Å². The van der Waals surface area contributed by atoms with Crippen molar-refractivity contribution in [3.05, 3.63) is 11.1 Å². The van der Waals surface area contributed by atoms with Crippen molar-refractivity contribution in [3.8, 4) is 0 Å². The van der Waals surface area contributed by atoms with E-state index in [1.165, 1.54) is 0 Å². The number of rotatable bonds is 6. The SMILES string of the molecule is CCN(CC)CC(C)Nc1nc(C)cs1. The molecular formula is C11H21N3S. The maximum Gasteiger partial charge on any atom is 0.183 e. The molecule has 0 fully saturated rings. The van der Waals surface area contributed by atoms with Gasteiger partial charge >= 0.3 is 0 Å². The van der Waals surface area contributed by atoms with Gasteiger partial charge in [-0.15, -0.1) is 11.3 Å². The van der Waals surface area contributed by atoms with Gasteiger partial charge in [0, 0.05) is 18.0 Å². The van der Waals surface area contributed by atoms with Crippen LogP contribution in [-0.4, -0.2) is 35.6 Å². The van der Waals surface area contributed by atoms with E-state index in [-0.39, 0.29) is 0 Å². The van der Waals surface area contributed by atoms with Crippen molar-refractivity contribution in [2.24, 2.45) is 0 Å². The molecule has 1 aromatic rings. The van der Waals surface area contributed by atoms with E-state index in [1.807, 2.05) is 6.92 Å². The zero-order chi connectivity index (χ0) is 11.3. The molecule has 4 heteroatoms. The Hall–Kier alpha value is -0.610. The predicted molar refractivity (Wildman–Crippen MR) is 67.7 cm³/mol. The molecule has 0 saturated heterocycles. The molecule has 0 amide bonds. The van der Waals surface area contributed by atoms with Gasteiger partial charge in [-0.05, 0) is 26.9 Å². The van der Waals surface area contributed by atoms with E-state index in [0.717, 1.165) is 30.5 Å². The molecule has 0 aliphatic rings. The summed E-state index contributed by atoms with van der Waals surface area (Å²) in [7, 11) is 0. The average Bonchev–Trinajstić information content (AvgIpc) is 2.60. The number of aromatic nitrogens is 1. The van der Waals surface area contributed by atoms with E-state index in [9.17, 15) is 0 Å². The predicted octanol–water partition coefficient (Wildman–Crippen LogP) is 2.59. The third-order valence-corrected chi connectivity index (χ3v) is 3.31. The highest BCUT2D eigenvalue weighted by atomic mass is 32.1. The summed E-state index contributed by atoms with van der Waals surface area (Å²) in [5.74, 6) is 0. The van der Waals surface area contributed by atoms with E-state index < -0.39 is 0 Å². The normalized spacial score (nSPS) is 13.1. The van der Waals surface area contributed by atoms with Crippen LogP contribution in [0.4, 0.5) is 5.13 Å². The molecule has 0 aliphatic carbocycles. The highest BCUT2D eigenvalue weighted by molar-refractivity contribution is 7.13. The molecule has 1 atom stereocenters. The van der Waals surface area contributed by atoms with Gasteiger partial charge in [0.2, 0.25) is 0 Å². The van der Waals surface area contributed by atoms with Crippen molar-refractivity contribution < 1.29 is 0 Å². The van der Waals surface area contributed by atoms with Crippen LogP contribution < -0.4 is 5.32 Å². The summed E-state index contributed by atoms with van der Waals surface area (Å²) >= 11 is 1.68. The Kier molecular flexibility index (Phi) is 5.05. The van der Waals surface area contributed by atoms with Gasteiger partial charge in [0.05, 0.1) is 5.69 Å². The van der Waals surface area contributed by atoms with E-state index in [4.69, 9.17) is 0 Å². The van der Waals surface area contributed by atoms with Gasteiger partial charge in [-0.2, -0.15) is 0 Å². The van der Waals surface area contributed by atoms with E-state index in [2.05, 4.69) is 41.4 Å². The lowest BCUT2D eigenvalue weighted by molar-refractivity contribution is 0.295. The topological polar surface area (TPSA) is 28.2 Å². The molecule has 15 heavy (non-hydrogen) atoms. The summed E-state index contributed by atoms with van der Waals surface area (Å²) in [6.45, 7) is 11.9. The Morgan fingerprint density at radius 3 is 2.60 bits per heavy atom. The largest absolute Gasteiger partial charge is 0.358 e. The number of hydrogen-bond acceptors (Lipinski definition) is 4. The average molecular weight is 227 g/mol. The molecule has 1 unspecified atom stereocenters. The number of nitrogens with zero attached hydrogens (tertiary/aromatic N) is 2. The van der Waals surface area contributed by atoms with Gasteiger partial charge in [0.15, 0.2) is 5.13 Å². The van der Waals surface area contributed by atoms with Crippen molar-refractivity contribution >= 4 is 16.5 Å². The van der Waals surface area contributed by atoms with E-state index in [1.54, 1.807) is 11.3 Å². The molecule has 1 heterocycles. The van der Waals surface area contributed by atoms with Crippen LogP contribution in [0.3, 0.4) is 0 Å². The quantitative estimate of drug-likeness (QED) is 0.809. The maximum atomic E-state index is 4.40. The van der Waals surface area contributed by atoms with Crippen LogP contribution in [-0.2, 0) is 0 Å². The molecule has 0 aromatic carbocycles. The molecule has 0 radical (unpaired) electrons. The van der Waals surface area contributed by atoms with Gasteiger partial charge in [-0.25, -0.2) is 4.98 Å². The molecule has 1 rings (SSSR count). The Morgan fingerprint density at radius 1 is 1.47 bits per heavy atom. The fourth-order valence-electron chi connectivity index (χ4n) is 1.55. The number of anilines is 1. The lowest BCUT2D eigenvalue weighted by atomic mass is 10.3. The third-order valence-electron chi connectivity index (χ3n) is 2.42. The first-order valence-corrected chi connectivity index (χ1v) is 6.44. The Balaban J connectivity index is 2.38. The lowest BCUT2D eigenvalue weighted by Crippen LogP contribution is -2.34. The van der Waals surface area contributed by atoms with Crippen LogP contribution in [0.15, 0.2) is 5.38 Å². The molecule has 0 aliphatic heterocycles. The Labute approximate surface area is 96.5 Å². The molecule has 1 N–H and O–H groups in total. The Morgan fingerprint density at radius 2 is 2.13 bits per heavy atom. The minimum Gasteiger partial charge on any atom is -0.358 e. The standard InChI is InChI=1S/C11H21N3S/c1-5-14(6-2)7-9(3)12-11-13-10(4)8-15-11/h8-9H,5-7H2,1-4H3,(H,12,13). The molecular weight excluding hydrogens is 206 g/mol. The Bertz CT molecular complexity index is 281. The second-order valence-corrected chi connectivity index (χ2v) is 4.68. The summed E-state index contributed by atoms with van der Waals surface area (Å²) in [6, 6.07) is 0.454. The number of likely N-dealkylation sites (N-methyl/N-ethyl adjacent to an activating group) is 1. The van der Waals surface area contributed by atoms with E-state index in [0.29, 0.717) is 6.04 Å². The molecule has 0 saturated carbocycles. The van der Waals surface area contributed by atoms with Crippen molar-refractivity contribution in [3.63, 3.8) is 0 Å². The monoisotopic (exact) mass is 227 g/mol. The fourth-order valence-corrected chi connectivity index (χ4v) is 2.35. The van der Waals surface area contributed by atoms with Crippen LogP contribution in [0.5, 0.6) is 0 Å². The number of hydrogen-bond donors (Lipinski definition) is 1. The van der Waals surface area contributed by atoms with Gasteiger partial charge in [0.1, 0.15) is 0 Å². The second kappa shape index (κ2) is 6.08. The minimum absolute atomic E-state index is 0.454. The van der Waals surface area contributed by atoms with Gasteiger partial charge < -0.3 is 10.2 Å². The molecule has 0 spiro atoms. The first-order valence-electron chi connectivity index (χ1n) is 5.56. The molecule has 3 nitrogen and oxygen atoms in total. The number of thiazole rings is 1. The summed E-state index contributed by atoms with van der Waals surface area (Å²) in [5.41, 5.74) is 1.09. The second-order valence-electron chi connectivity index (χ2n) is 3.83. The highest BCUT2D eigenvalue weighted by Crippen LogP contribution is 2.15. The summed E-state index contributed by atoms with van der Waals surface area (Å²) in [6.07, 6.45) is 0. The van der Waals surface area contributed by atoms with Crippen molar-refractivity contribution in [2.75, 3.05) is 25.0 Å². The van der Waals surface area contributed by atoms with Crippen molar-refractivity contribution in [2.45, 2.75) is 33.7 Å². The van der Waals surface area contributed by atoms with Crippen LogP contribution in [0.1, 0.15) is 26.5 Å². The van der Waals surface area contributed by atoms with Crippen LogP contribution in [0.2, 0.25) is 0 Å².